The Labute approximate surface area is 203 Å². The Morgan fingerprint density at radius 3 is 2.48 bits per heavy atom. The first kappa shape index (κ1) is 24.8. The van der Waals surface area contributed by atoms with Gasteiger partial charge in [-0.25, -0.2) is 13.8 Å². The molecule has 2 aromatic carbocycles. The molecule has 0 bridgehead atoms. The van der Waals surface area contributed by atoms with E-state index in [0.29, 0.717) is 21.3 Å². The van der Waals surface area contributed by atoms with Crippen LogP contribution in [0.15, 0.2) is 53.6 Å². The van der Waals surface area contributed by atoms with E-state index < -0.39 is 22.5 Å². The number of nitrogens with one attached hydrogen (secondary N) is 1. The second-order valence-electron chi connectivity index (χ2n) is 7.59. The third kappa shape index (κ3) is 5.76. The maximum atomic E-state index is 12.5. The van der Waals surface area contributed by atoms with E-state index in [1.807, 2.05) is 48.7 Å². The Morgan fingerprint density at radius 2 is 1.82 bits per heavy atom. The van der Waals surface area contributed by atoms with Crippen LogP contribution in [0.4, 0.5) is 5.69 Å². The quantitative estimate of drug-likeness (QED) is 0.374. The first-order chi connectivity index (χ1) is 15.5. The molecule has 0 radical (unpaired) electrons. The third-order valence-electron chi connectivity index (χ3n) is 5.12. The van der Waals surface area contributed by atoms with Crippen LogP contribution in [-0.2, 0) is 14.8 Å². The fourth-order valence-electron chi connectivity index (χ4n) is 3.52. The highest BCUT2D eigenvalue weighted by atomic mass is 35.5. The van der Waals surface area contributed by atoms with E-state index in [1.165, 1.54) is 6.21 Å². The van der Waals surface area contributed by atoms with Crippen LogP contribution in [0.3, 0.4) is 0 Å². The number of hydrogen-bond acceptors (Lipinski definition) is 4. The van der Waals surface area contributed by atoms with Gasteiger partial charge < -0.3 is 4.57 Å². The smallest absolute Gasteiger partial charge is 0.260 e. The monoisotopic (exact) mass is 506 g/mol. The molecular formula is C23H24Cl2N4O3S. The third-order valence-corrected chi connectivity index (χ3v) is 6.90. The van der Waals surface area contributed by atoms with Crippen molar-refractivity contribution in [3.8, 4) is 5.69 Å². The molecule has 0 unspecified atom stereocenters. The summed E-state index contributed by atoms with van der Waals surface area (Å²) in [7, 11) is -3.72. The number of amides is 1. The summed E-state index contributed by atoms with van der Waals surface area (Å²) >= 11 is 12.2. The molecule has 0 aliphatic rings. The van der Waals surface area contributed by atoms with Gasteiger partial charge in [-0.1, -0.05) is 35.3 Å². The Hall–Kier alpha value is -2.81. The Balaban J connectivity index is 1.77. The summed E-state index contributed by atoms with van der Waals surface area (Å²) in [5, 5.41) is 5.07. The number of sulfonamides is 1. The highest BCUT2D eigenvalue weighted by Crippen LogP contribution is 2.28. The van der Waals surface area contributed by atoms with Crippen molar-refractivity contribution in [2.24, 2.45) is 5.10 Å². The predicted octanol–water partition coefficient (Wildman–Crippen LogP) is 4.63. The minimum absolute atomic E-state index is 0.342. The van der Waals surface area contributed by atoms with Gasteiger partial charge in [0.2, 0.25) is 10.0 Å². The second-order valence-corrected chi connectivity index (χ2v) is 10.3. The van der Waals surface area contributed by atoms with Crippen LogP contribution in [0.25, 0.3) is 5.69 Å². The number of carbonyl (C=O) groups is 1. The summed E-state index contributed by atoms with van der Waals surface area (Å²) in [6, 6.07) is 14.3. The molecule has 1 heterocycles. The average molecular weight is 507 g/mol. The van der Waals surface area contributed by atoms with E-state index in [0.717, 1.165) is 33.2 Å². The number of nitrogens with zero attached hydrogens (tertiary/aromatic N) is 3. The lowest BCUT2D eigenvalue weighted by Gasteiger charge is -2.23. The van der Waals surface area contributed by atoms with Gasteiger partial charge in [0.05, 0.1) is 18.2 Å². The summed E-state index contributed by atoms with van der Waals surface area (Å²) in [6.07, 6.45) is 2.56. The molecule has 0 fully saturated rings. The molecule has 3 aromatic rings. The highest BCUT2D eigenvalue weighted by Gasteiger charge is 2.23. The maximum Gasteiger partial charge on any atom is 0.260 e. The highest BCUT2D eigenvalue weighted by molar-refractivity contribution is 7.92. The van der Waals surface area contributed by atoms with Crippen LogP contribution >= 0.6 is 23.2 Å². The zero-order valence-corrected chi connectivity index (χ0v) is 21.0. The average Bonchev–Trinajstić information content (AvgIpc) is 3.01. The van der Waals surface area contributed by atoms with Gasteiger partial charge in [-0.05, 0) is 62.7 Å². The molecule has 10 heteroatoms. The second kappa shape index (κ2) is 9.99. The van der Waals surface area contributed by atoms with Crippen molar-refractivity contribution in [3.63, 3.8) is 0 Å². The lowest BCUT2D eigenvalue weighted by molar-refractivity contribution is -0.119. The first-order valence-corrected chi connectivity index (χ1v) is 12.6. The van der Waals surface area contributed by atoms with Gasteiger partial charge in [0.25, 0.3) is 5.91 Å². The fourth-order valence-corrected chi connectivity index (χ4v) is 4.78. The normalized spacial score (nSPS) is 11.7. The minimum atomic E-state index is -3.72. The molecule has 0 atom stereocenters. The lowest BCUT2D eigenvalue weighted by Crippen LogP contribution is -2.39. The molecule has 1 N–H and O–H groups in total. The summed E-state index contributed by atoms with van der Waals surface area (Å²) in [6.45, 7) is 5.16. The molecule has 1 aromatic heterocycles. The van der Waals surface area contributed by atoms with Crippen molar-refractivity contribution in [1.82, 2.24) is 9.99 Å². The molecule has 1 amide bonds. The molecule has 0 saturated heterocycles. The molecule has 0 aliphatic carbocycles. The topological polar surface area (TPSA) is 83.8 Å². The van der Waals surface area contributed by atoms with Gasteiger partial charge in [-0.3, -0.25) is 9.10 Å². The standard InChI is InChI=1S/C23H24Cl2N4O3S/c1-15-11-18(17(3)29(15)20-8-5-7-19(24)12-20)13-26-27-23(30)14-28(33(4,31)32)22-10-6-9-21(25)16(22)2/h5-13H,14H2,1-4H3,(H,27,30)/b26-13-. The van der Waals surface area contributed by atoms with Crippen LogP contribution in [0, 0.1) is 20.8 Å². The first-order valence-electron chi connectivity index (χ1n) is 9.98. The van der Waals surface area contributed by atoms with Crippen LogP contribution in [0.1, 0.15) is 22.5 Å². The number of aryl methyl sites for hydroxylation is 1. The molecule has 0 saturated carbocycles. The van der Waals surface area contributed by atoms with E-state index in [2.05, 4.69) is 10.5 Å². The largest absolute Gasteiger partial charge is 0.318 e. The van der Waals surface area contributed by atoms with E-state index in [4.69, 9.17) is 23.2 Å². The maximum absolute atomic E-state index is 12.5. The number of anilines is 1. The van der Waals surface area contributed by atoms with Gasteiger partial charge in [0.1, 0.15) is 6.54 Å². The summed E-state index contributed by atoms with van der Waals surface area (Å²) in [5.74, 6) is -0.584. The van der Waals surface area contributed by atoms with Crippen LogP contribution < -0.4 is 9.73 Å². The number of aromatic nitrogens is 1. The summed E-state index contributed by atoms with van der Waals surface area (Å²) in [4.78, 5) is 12.5. The Morgan fingerprint density at radius 1 is 1.12 bits per heavy atom. The van der Waals surface area contributed by atoms with Gasteiger partial charge >= 0.3 is 0 Å². The van der Waals surface area contributed by atoms with Crippen molar-refractivity contribution in [3.05, 3.63) is 81.1 Å². The SMILES string of the molecule is Cc1c(Cl)cccc1N(CC(=O)N/N=C\c1cc(C)n(-c2cccc(Cl)c2)c1C)S(C)(=O)=O. The predicted molar refractivity (Wildman–Crippen MR) is 134 cm³/mol. The van der Waals surface area contributed by atoms with Crippen molar-refractivity contribution >= 4 is 51.0 Å². The molecule has 0 aliphatic heterocycles. The number of hydrazone groups is 1. The van der Waals surface area contributed by atoms with Gasteiger partial charge in [0.15, 0.2) is 0 Å². The fraction of sp³-hybridized carbons (Fsp3) is 0.217. The van der Waals surface area contributed by atoms with Gasteiger partial charge in [-0.15, -0.1) is 0 Å². The zero-order chi connectivity index (χ0) is 24.3. The molecule has 0 spiro atoms. The van der Waals surface area contributed by atoms with E-state index >= 15 is 0 Å². The Kier molecular flexibility index (Phi) is 7.51. The molecule has 7 nitrogen and oxygen atoms in total. The van der Waals surface area contributed by atoms with E-state index in [1.54, 1.807) is 25.1 Å². The van der Waals surface area contributed by atoms with Crippen molar-refractivity contribution in [1.29, 1.82) is 0 Å². The van der Waals surface area contributed by atoms with E-state index in [-0.39, 0.29) is 0 Å². The van der Waals surface area contributed by atoms with Crippen LogP contribution in [0.2, 0.25) is 10.0 Å². The molecular weight excluding hydrogens is 483 g/mol. The van der Waals surface area contributed by atoms with E-state index in [9.17, 15) is 13.2 Å². The van der Waals surface area contributed by atoms with Gasteiger partial charge in [0, 0.05) is 32.7 Å². The number of rotatable bonds is 7. The van der Waals surface area contributed by atoms with Crippen molar-refractivity contribution < 1.29 is 13.2 Å². The van der Waals surface area contributed by atoms with Crippen molar-refractivity contribution in [2.45, 2.75) is 20.8 Å². The molecule has 3 rings (SSSR count). The minimum Gasteiger partial charge on any atom is -0.318 e. The van der Waals surface area contributed by atoms with Crippen LogP contribution in [-0.4, -0.2) is 37.9 Å². The van der Waals surface area contributed by atoms with Crippen LogP contribution in [0.5, 0.6) is 0 Å². The number of benzene rings is 2. The molecule has 174 valence electrons. The summed E-state index contributed by atoms with van der Waals surface area (Å²) in [5.41, 5.74) is 6.92. The van der Waals surface area contributed by atoms with Gasteiger partial charge in [-0.2, -0.15) is 5.10 Å². The number of carbonyl (C=O) groups excluding carboxylic acids is 1. The lowest BCUT2D eigenvalue weighted by atomic mass is 10.2. The number of halogens is 2. The zero-order valence-electron chi connectivity index (χ0n) is 18.6. The summed E-state index contributed by atoms with van der Waals surface area (Å²) < 4.78 is 27.7. The molecule has 33 heavy (non-hydrogen) atoms. The van der Waals surface area contributed by atoms with Crippen molar-refractivity contribution in [2.75, 3.05) is 17.1 Å². The Bertz CT molecular complexity index is 1330. The number of hydrogen-bond donors (Lipinski definition) is 1.